The first kappa shape index (κ1) is 19.9. The molecule has 0 saturated carbocycles. The van der Waals surface area contributed by atoms with Gasteiger partial charge in [-0.1, -0.05) is 12.1 Å². The number of ether oxygens (including phenoxy) is 2. The molecule has 28 heavy (non-hydrogen) atoms. The molecule has 3 atom stereocenters. The van der Waals surface area contributed by atoms with E-state index < -0.39 is 29.0 Å². The van der Waals surface area contributed by atoms with Crippen LogP contribution in [0.5, 0.6) is 0 Å². The maximum Gasteiger partial charge on any atom is 0.351 e. The second-order valence-electron chi connectivity index (χ2n) is 6.33. The second kappa shape index (κ2) is 8.44. The summed E-state index contributed by atoms with van der Waals surface area (Å²) in [5.41, 5.74) is 5.87. The summed E-state index contributed by atoms with van der Waals surface area (Å²) in [4.78, 5) is 26.4. The highest BCUT2D eigenvalue weighted by molar-refractivity contribution is 5.39. The van der Waals surface area contributed by atoms with Gasteiger partial charge in [-0.3, -0.25) is 14.7 Å². The van der Waals surface area contributed by atoms with Crippen molar-refractivity contribution < 1.29 is 24.6 Å². The van der Waals surface area contributed by atoms with Gasteiger partial charge in [-0.05, 0) is 6.07 Å². The predicted octanol–water partition coefficient (Wildman–Crippen LogP) is 0.0912. The smallest absolute Gasteiger partial charge is 0.351 e. The number of nitrogens with zero attached hydrogens (tertiary/aromatic N) is 3. The van der Waals surface area contributed by atoms with Gasteiger partial charge >= 0.3 is 5.69 Å². The van der Waals surface area contributed by atoms with Crippen LogP contribution < -0.4 is 11.4 Å². The fraction of sp³-hybridized carbons (Fsp3) is 0.412. The third-order valence-corrected chi connectivity index (χ3v) is 4.46. The SMILES string of the molecule is Nc1nc(=O)n([C@H]2C[C@H](O)[C@@H](CO)O2)cc1COCc1ccccc1[N+](=O)[O-]. The van der Waals surface area contributed by atoms with Crippen molar-refractivity contribution in [2.45, 2.75) is 38.1 Å². The van der Waals surface area contributed by atoms with E-state index in [-0.39, 0.29) is 37.7 Å². The minimum absolute atomic E-state index is 0.0268. The van der Waals surface area contributed by atoms with Gasteiger partial charge in [0, 0.05) is 24.2 Å². The molecule has 2 heterocycles. The van der Waals surface area contributed by atoms with Gasteiger partial charge in [-0.2, -0.15) is 4.98 Å². The van der Waals surface area contributed by atoms with Crippen LogP contribution in [0.2, 0.25) is 0 Å². The Morgan fingerprint density at radius 2 is 2.07 bits per heavy atom. The van der Waals surface area contributed by atoms with Crippen molar-refractivity contribution in [1.82, 2.24) is 9.55 Å². The van der Waals surface area contributed by atoms with Crippen LogP contribution in [0.1, 0.15) is 23.8 Å². The summed E-state index contributed by atoms with van der Waals surface area (Å²) in [5.74, 6) is -0.0268. The number of nitrogen functional groups attached to an aromatic ring is 1. The number of hydrogen-bond acceptors (Lipinski definition) is 9. The number of nitrogens with two attached hydrogens (primary N) is 1. The van der Waals surface area contributed by atoms with Crippen LogP contribution in [-0.4, -0.2) is 43.5 Å². The first-order valence-corrected chi connectivity index (χ1v) is 8.52. The third kappa shape index (κ3) is 4.17. The number of benzene rings is 1. The van der Waals surface area contributed by atoms with E-state index in [4.69, 9.17) is 15.2 Å². The van der Waals surface area contributed by atoms with Gasteiger partial charge in [0.1, 0.15) is 18.1 Å². The van der Waals surface area contributed by atoms with Crippen LogP contribution in [0.15, 0.2) is 35.3 Å². The van der Waals surface area contributed by atoms with Gasteiger partial charge < -0.3 is 25.4 Å². The molecule has 11 heteroatoms. The molecule has 1 aromatic carbocycles. The maximum absolute atomic E-state index is 12.1. The summed E-state index contributed by atoms with van der Waals surface area (Å²) < 4.78 is 12.2. The zero-order chi connectivity index (χ0) is 20.3. The molecule has 1 fully saturated rings. The zero-order valence-corrected chi connectivity index (χ0v) is 14.8. The maximum atomic E-state index is 12.1. The highest BCUT2D eigenvalue weighted by Gasteiger charge is 2.35. The van der Waals surface area contributed by atoms with Crippen molar-refractivity contribution in [1.29, 1.82) is 0 Å². The number of aliphatic hydroxyl groups is 2. The minimum Gasteiger partial charge on any atom is -0.394 e. The summed E-state index contributed by atoms with van der Waals surface area (Å²) in [7, 11) is 0. The van der Waals surface area contributed by atoms with E-state index in [1.165, 1.54) is 16.8 Å². The normalized spacial score (nSPS) is 21.7. The molecule has 1 aromatic heterocycles. The van der Waals surface area contributed by atoms with Crippen LogP contribution in [0.25, 0.3) is 0 Å². The number of rotatable bonds is 7. The Labute approximate surface area is 159 Å². The lowest BCUT2D eigenvalue weighted by molar-refractivity contribution is -0.386. The van der Waals surface area contributed by atoms with Crippen molar-refractivity contribution in [3.63, 3.8) is 0 Å². The largest absolute Gasteiger partial charge is 0.394 e. The van der Waals surface area contributed by atoms with E-state index in [1.54, 1.807) is 18.2 Å². The fourth-order valence-electron chi connectivity index (χ4n) is 2.97. The van der Waals surface area contributed by atoms with E-state index >= 15 is 0 Å². The topological polar surface area (TPSA) is 163 Å². The van der Waals surface area contributed by atoms with Crippen LogP contribution in [0.3, 0.4) is 0 Å². The van der Waals surface area contributed by atoms with Crippen LogP contribution >= 0.6 is 0 Å². The first-order chi connectivity index (χ1) is 13.4. The molecule has 11 nitrogen and oxygen atoms in total. The molecule has 1 aliphatic rings. The highest BCUT2D eigenvalue weighted by Crippen LogP contribution is 2.28. The lowest BCUT2D eigenvalue weighted by Crippen LogP contribution is -2.29. The first-order valence-electron chi connectivity index (χ1n) is 8.52. The molecule has 0 bridgehead atoms. The van der Waals surface area contributed by atoms with E-state index in [2.05, 4.69) is 4.98 Å². The highest BCUT2D eigenvalue weighted by atomic mass is 16.6. The molecule has 150 valence electrons. The predicted molar refractivity (Wildman–Crippen MR) is 96.1 cm³/mol. The average Bonchev–Trinajstić information content (AvgIpc) is 3.04. The monoisotopic (exact) mass is 392 g/mol. The van der Waals surface area contributed by atoms with Crippen molar-refractivity contribution >= 4 is 11.5 Å². The number of nitro groups is 1. The number of para-hydroxylation sites is 1. The number of nitro benzene ring substituents is 1. The van der Waals surface area contributed by atoms with E-state index in [0.29, 0.717) is 11.1 Å². The average molecular weight is 392 g/mol. The summed E-state index contributed by atoms with van der Waals surface area (Å²) in [6.07, 6.45) is -0.943. The zero-order valence-electron chi connectivity index (χ0n) is 14.8. The second-order valence-corrected chi connectivity index (χ2v) is 6.33. The van der Waals surface area contributed by atoms with E-state index in [1.807, 2.05) is 0 Å². The van der Waals surface area contributed by atoms with Crippen molar-refractivity contribution in [2.24, 2.45) is 0 Å². The van der Waals surface area contributed by atoms with E-state index in [0.717, 1.165) is 0 Å². The van der Waals surface area contributed by atoms with E-state index in [9.17, 15) is 25.1 Å². The Hall–Kier alpha value is -2.86. The standard InChI is InChI=1S/C17H20N4O7/c18-16-11(9-27-8-10-3-1-2-4-12(10)21(25)26)6-20(17(24)19-16)15-5-13(23)14(7-22)28-15/h1-4,6,13-15,22-23H,5,7-9H2,(H2,18,19,24)/t13-,14+,15+/m0/s1. The molecule has 0 spiro atoms. The Balaban J connectivity index is 1.73. The number of anilines is 1. The van der Waals surface area contributed by atoms with Crippen molar-refractivity contribution in [2.75, 3.05) is 12.3 Å². The lowest BCUT2D eigenvalue weighted by atomic mass is 10.2. The molecule has 1 aliphatic heterocycles. The van der Waals surface area contributed by atoms with Gasteiger partial charge in [0.2, 0.25) is 0 Å². The van der Waals surface area contributed by atoms with Crippen LogP contribution in [0, 0.1) is 10.1 Å². The Bertz CT molecular complexity index is 917. The van der Waals surface area contributed by atoms with Crippen LogP contribution in [-0.2, 0) is 22.7 Å². The quantitative estimate of drug-likeness (QED) is 0.438. The summed E-state index contributed by atoms with van der Waals surface area (Å²) in [6.45, 7) is -0.439. The van der Waals surface area contributed by atoms with Gasteiger partial charge in [0.15, 0.2) is 0 Å². The van der Waals surface area contributed by atoms with Gasteiger partial charge in [0.25, 0.3) is 5.69 Å². The number of aliphatic hydroxyl groups excluding tert-OH is 2. The molecule has 3 rings (SSSR count). The molecule has 0 radical (unpaired) electrons. The minimum atomic E-state index is -0.905. The third-order valence-electron chi connectivity index (χ3n) is 4.46. The molecule has 4 N–H and O–H groups in total. The Morgan fingerprint density at radius 3 is 2.75 bits per heavy atom. The van der Waals surface area contributed by atoms with Gasteiger partial charge in [0.05, 0.1) is 36.4 Å². The molecule has 2 aromatic rings. The Kier molecular flexibility index (Phi) is 5.99. The summed E-state index contributed by atoms with van der Waals surface area (Å²) >= 11 is 0. The molecular weight excluding hydrogens is 372 g/mol. The molecule has 0 amide bonds. The summed E-state index contributed by atoms with van der Waals surface area (Å²) in [5, 5.41) is 30.1. The lowest BCUT2D eigenvalue weighted by Gasteiger charge is -2.16. The molecule has 0 aliphatic carbocycles. The van der Waals surface area contributed by atoms with Gasteiger partial charge in [-0.15, -0.1) is 0 Å². The Morgan fingerprint density at radius 1 is 1.36 bits per heavy atom. The van der Waals surface area contributed by atoms with Crippen molar-refractivity contribution in [3.05, 3.63) is 62.2 Å². The molecule has 1 saturated heterocycles. The van der Waals surface area contributed by atoms with Gasteiger partial charge in [-0.25, -0.2) is 4.79 Å². The molecular formula is C17H20N4O7. The fourth-order valence-corrected chi connectivity index (χ4v) is 2.97. The van der Waals surface area contributed by atoms with Crippen LogP contribution in [0.4, 0.5) is 11.5 Å². The van der Waals surface area contributed by atoms with Crippen molar-refractivity contribution in [3.8, 4) is 0 Å². The molecule has 0 unspecified atom stereocenters. The number of hydrogen-bond donors (Lipinski definition) is 3. The summed E-state index contributed by atoms with van der Waals surface area (Å²) in [6, 6.07) is 6.20. The number of aromatic nitrogens is 2.